The highest BCUT2D eigenvalue weighted by molar-refractivity contribution is 5.98. The Bertz CT molecular complexity index is 1380. The van der Waals surface area contributed by atoms with E-state index in [0.717, 1.165) is 18.2 Å². The fourth-order valence-electron chi connectivity index (χ4n) is 3.33. The Morgan fingerprint density at radius 3 is 2.43 bits per heavy atom. The maximum absolute atomic E-state index is 13.0. The average Bonchev–Trinajstić information content (AvgIpc) is 2.82. The predicted octanol–water partition coefficient (Wildman–Crippen LogP) is 3.04. The van der Waals surface area contributed by atoms with Crippen molar-refractivity contribution < 1.29 is 33.3 Å². The minimum atomic E-state index is -1.09. The van der Waals surface area contributed by atoms with Gasteiger partial charge in [-0.2, -0.15) is 0 Å². The third-order valence-corrected chi connectivity index (χ3v) is 4.92. The van der Waals surface area contributed by atoms with Crippen molar-refractivity contribution in [1.29, 1.82) is 0 Å². The Hall–Kier alpha value is -4.81. The molecular formula is C22H19N3O10. The Morgan fingerprint density at radius 1 is 1.09 bits per heavy atom. The summed E-state index contributed by atoms with van der Waals surface area (Å²) in [6, 6.07) is 7.46. The van der Waals surface area contributed by atoms with Crippen molar-refractivity contribution in [1.82, 2.24) is 5.32 Å². The summed E-state index contributed by atoms with van der Waals surface area (Å²) >= 11 is 0. The van der Waals surface area contributed by atoms with Crippen LogP contribution in [0.15, 0.2) is 51.7 Å². The number of hydrogen-bond donors (Lipinski definition) is 1. The number of fused-ring (bicyclic) bond motifs is 1. The summed E-state index contributed by atoms with van der Waals surface area (Å²) in [7, 11) is 1.23. The number of amides is 1. The number of rotatable bonds is 9. The van der Waals surface area contributed by atoms with Gasteiger partial charge in [-0.1, -0.05) is 12.1 Å². The number of nitro groups is 2. The molecule has 1 aromatic heterocycles. The van der Waals surface area contributed by atoms with Gasteiger partial charge >= 0.3 is 11.6 Å². The minimum absolute atomic E-state index is 0.0538. The molecule has 3 aromatic rings. The molecule has 0 aliphatic carbocycles. The van der Waals surface area contributed by atoms with Crippen molar-refractivity contribution >= 4 is 34.2 Å². The fourth-order valence-corrected chi connectivity index (χ4v) is 3.33. The number of non-ortho nitro benzene ring substituents is 2. The summed E-state index contributed by atoms with van der Waals surface area (Å²) in [5.41, 5.74) is -2.05. The van der Waals surface area contributed by atoms with Gasteiger partial charge in [0.05, 0.1) is 42.1 Å². The lowest BCUT2D eigenvalue weighted by atomic mass is 10.0. The van der Waals surface area contributed by atoms with Crippen LogP contribution in [0.3, 0.4) is 0 Å². The largest absolute Gasteiger partial charge is 0.493 e. The SMILES string of the molecule is CCOC(=O)CC(NC(=O)c1cc2cc([N+](=O)[O-])cc(OC)c2oc1=O)c1cccc([N+](=O)[O-])c1. The molecule has 0 saturated heterocycles. The molecule has 0 spiro atoms. The number of carbonyl (C=O) groups is 2. The number of nitro benzene ring substituents is 2. The molecule has 0 aliphatic heterocycles. The van der Waals surface area contributed by atoms with Crippen molar-refractivity contribution in [2.45, 2.75) is 19.4 Å². The predicted molar refractivity (Wildman–Crippen MR) is 120 cm³/mol. The highest BCUT2D eigenvalue weighted by Gasteiger charge is 2.25. The molecule has 0 saturated carbocycles. The number of nitrogens with one attached hydrogen (secondary N) is 1. The van der Waals surface area contributed by atoms with Crippen molar-refractivity contribution in [3.8, 4) is 5.75 Å². The lowest BCUT2D eigenvalue weighted by Gasteiger charge is -2.18. The number of esters is 1. The first kappa shape index (κ1) is 24.8. The first-order valence-corrected chi connectivity index (χ1v) is 10.2. The van der Waals surface area contributed by atoms with Crippen molar-refractivity contribution in [3.05, 3.63) is 84.2 Å². The van der Waals surface area contributed by atoms with Gasteiger partial charge < -0.3 is 19.2 Å². The monoisotopic (exact) mass is 485 g/mol. The molecule has 3 rings (SSSR count). The molecule has 2 aromatic carbocycles. The van der Waals surface area contributed by atoms with Crippen LogP contribution in [-0.4, -0.2) is 35.4 Å². The molecule has 1 N–H and O–H groups in total. The van der Waals surface area contributed by atoms with E-state index in [1.165, 1.54) is 31.4 Å². The van der Waals surface area contributed by atoms with Crippen LogP contribution in [0.1, 0.15) is 35.3 Å². The van der Waals surface area contributed by atoms with Gasteiger partial charge in [0.25, 0.3) is 17.3 Å². The Morgan fingerprint density at radius 2 is 1.80 bits per heavy atom. The molecule has 13 heteroatoms. The van der Waals surface area contributed by atoms with Crippen molar-refractivity contribution in [2.24, 2.45) is 0 Å². The molecule has 1 atom stereocenters. The first-order valence-electron chi connectivity index (χ1n) is 10.2. The van der Waals surface area contributed by atoms with E-state index in [1.807, 2.05) is 0 Å². The molecule has 0 fully saturated rings. The standard InChI is InChI=1S/C22H19N3O10/c1-3-34-19(26)11-17(12-5-4-6-14(7-12)24(29)30)23-21(27)16-9-13-8-15(25(31)32)10-18(33-2)20(13)35-22(16)28/h4-10,17H,3,11H2,1-2H3,(H,23,27). The van der Waals surface area contributed by atoms with Gasteiger partial charge in [-0.15, -0.1) is 0 Å². The summed E-state index contributed by atoms with van der Waals surface area (Å²) in [4.78, 5) is 58.7. The summed E-state index contributed by atoms with van der Waals surface area (Å²) < 4.78 is 15.2. The molecule has 182 valence electrons. The van der Waals surface area contributed by atoms with Crippen LogP contribution in [0.25, 0.3) is 11.0 Å². The number of nitrogens with zero attached hydrogens (tertiary/aromatic N) is 2. The van der Waals surface area contributed by atoms with E-state index < -0.39 is 39.0 Å². The number of methoxy groups -OCH3 is 1. The van der Waals surface area contributed by atoms with E-state index in [4.69, 9.17) is 13.9 Å². The van der Waals surface area contributed by atoms with E-state index in [9.17, 15) is 34.6 Å². The topological polar surface area (TPSA) is 181 Å². The summed E-state index contributed by atoms with van der Waals surface area (Å²) in [6.07, 6.45) is -0.376. The van der Waals surface area contributed by atoms with Crippen LogP contribution in [0, 0.1) is 20.2 Å². The van der Waals surface area contributed by atoms with Crippen molar-refractivity contribution in [2.75, 3.05) is 13.7 Å². The fraction of sp³-hybridized carbons (Fsp3) is 0.227. The van der Waals surface area contributed by atoms with Crippen LogP contribution in [-0.2, 0) is 9.53 Å². The molecule has 13 nitrogen and oxygen atoms in total. The van der Waals surface area contributed by atoms with E-state index in [0.29, 0.717) is 0 Å². The molecular weight excluding hydrogens is 466 g/mol. The van der Waals surface area contributed by atoms with Crippen LogP contribution in [0.4, 0.5) is 11.4 Å². The first-order chi connectivity index (χ1) is 16.6. The third kappa shape index (κ3) is 5.58. The zero-order chi connectivity index (χ0) is 25.7. The van der Waals surface area contributed by atoms with E-state index in [1.54, 1.807) is 6.92 Å². The highest BCUT2D eigenvalue weighted by Crippen LogP contribution is 2.31. The van der Waals surface area contributed by atoms with Gasteiger partial charge in [0.2, 0.25) is 0 Å². The molecule has 0 bridgehead atoms. The van der Waals surface area contributed by atoms with E-state index >= 15 is 0 Å². The molecule has 0 radical (unpaired) electrons. The van der Waals surface area contributed by atoms with Gasteiger partial charge in [0, 0.05) is 23.6 Å². The summed E-state index contributed by atoms with van der Waals surface area (Å²) in [6.45, 7) is 1.66. The van der Waals surface area contributed by atoms with Crippen LogP contribution in [0.2, 0.25) is 0 Å². The normalized spacial score (nSPS) is 11.5. The van der Waals surface area contributed by atoms with Gasteiger partial charge in [0.15, 0.2) is 11.3 Å². The second kappa shape index (κ2) is 10.4. The number of benzene rings is 2. The van der Waals surface area contributed by atoms with Gasteiger partial charge in [0.1, 0.15) is 5.56 Å². The quantitative estimate of drug-likeness (QED) is 0.205. The van der Waals surface area contributed by atoms with Gasteiger partial charge in [-0.25, -0.2) is 4.79 Å². The molecule has 35 heavy (non-hydrogen) atoms. The van der Waals surface area contributed by atoms with E-state index in [2.05, 4.69) is 5.32 Å². The Balaban J connectivity index is 2.03. The number of hydrogen-bond acceptors (Lipinski definition) is 10. The van der Waals surface area contributed by atoms with Gasteiger partial charge in [-0.05, 0) is 18.6 Å². The molecule has 1 heterocycles. The molecule has 1 unspecified atom stereocenters. The lowest BCUT2D eigenvalue weighted by Crippen LogP contribution is -2.33. The molecule has 0 aliphatic rings. The van der Waals surface area contributed by atoms with Crippen LogP contribution < -0.4 is 15.7 Å². The van der Waals surface area contributed by atoms with Gasteiger partial charge in [-0.3, -0.25) is 29.8 Å². The maximum Gasteiger partial charge on any atom is 0.349 e. The maximum atomic E-state index is 13.0. The van der Waals surface area contributed by atoms with Crippen LogP contribution >= 0.6 is 0 Å². The zero-order valence-corrected chi connectivity index (χ0v) is 18.5. The lowest BCUT2D eigenvalue weighted by molar-refractivity contribution is -0.385. The molecule has 1 amide bonds. The van der Waals surface area contributed by atoms with E-state index in [-0.39, 0.29) is 46.7 Å². The summed E-state index contributed by atoms with van der Waals surface area (Å²) in [5, 5.41) is 24.9. The smallest absolute Gasteiger partial charge is 0.349 e. The minimum Gasteiger partial charge on any atom is -0.493 e. The third-order valence-electron chi connectivity index (χ3n) is 4.92. The van der Waals surface area contributed by atoms with Crippen LogP contribution in [0.5, 0.6) is 5.75 Å². The highest BCUT2D eigenvalue weighted by atomic mass is 16.6. The number of ether oxygens (including phenoxy) is 2. The number of carbonyl (C=O) groups excluding carboxylic acids is 2. The summed E-state index contributed by atoms with van der Waals surface area (Å²) in [5.74, 6) is -1.72. The second-order valence-electron chi connectivity index (χ2n) is 7.16. The Kier molecular flexibility index (Phi) is 7.39. The van der Waals surface area contributed by atoms with Crippen molar-refractivity contribution in [3.63, 3.8) is 0 Å². The average molecular weight is 485 g/mol. The zero-order valence-electron chi connectivity index (χ0n) is 18.5. The Labute approximate surface area is 196 Å². The second-order valence-corrected chi connectivity index (χ2v) is 7.16.